The smallest absolute Gasteiger partial charge is 0.243 e. The van der Waals surface area contributed by atoms with Crippen LogP contribution in [0.15, 0.2) is 54.2 Å². The minimum Gasteiger partial charge on any atom is -0.437 e. The SMILES string of the molecule is C=CC(=O)NC1C(C)CN(S(=O)(=O)c2cccc(Oc3cncc(C)n3)c2)CC1C. The minimum absolute atomic E-state index is 0.0468. The van der Waals surface area contributed by atoms with Crippen molar-refractivity contribution in [3.8, 4) is 11.6 Å². The number of nitrogens with zero attached hydrogens (tertiary/aromatic N) is 3. The highest BCUT2D eigenvalue weighted by Gasteiger charge is 2.38. The maximum atomic E-state index is 13.3. The van der Waals surface area contributed by atoms with E-state index < -0.39 is 10.0 Å². The van der Waals surface area contributed by atoms with Gasteiger partial charge in [-0.1, -0.05) is 26.5 Å². The number of piperidine rings is 1. The molecule has 3 rings (SSSR count). The van der Waals surface area contributed by atoms with Crippen molar-refractivity contribution in [3.05, 3.63) is 55.0 Å². The highest BCUT2D eigenvalue weighted by molar-refractivity contribution is 7.89. The maximum Gasteiger partial charge on any atom is 0.243 e. The Hall–Kier alpha value is -2.78. The molecule has 1 amide bonds. The molecule has 0 radical (unpaired) electrons. The van der Waals surface area contributed by atoms with Gasteiger partial charge in [-0.2, -0.15) is 4.31 Å². The normalized spacial score (nSPS) is 22.3. The van der Waals surface area contributed by atoms with Gasteiger partial charge >= 0.3 is 0 Å². The number of benzene rings is 1. The second-order valence-electron chi connectivity index (χ2n) is 7.59. The summed E-state index contributed by atoms with van der Waals surface area (Å²) in [6.07, 6.45) is 4.31. The van der Waals surface area contributed by atoms with Gasteiger partial charge in [-0.15, -0.1) is 0 Å². The van der Waals surface area contributed by atoms with Gasteiger partial charge in [-0.3, -0.25) is 9.78 Å². The Kier molecular flexibility index (Phi) is 6.52. The van der Waals surface area contributed by atoms with Gasteiger partial charge in [0.2, 0.25) is 21.8 Å². The number of amides is 1. The number of sulfonamides is 1. The van der Waals surface area contributed by atoms with Crippen LogP contribution >= 0.6 is 0 Å². The zero-order valence-electron chi connectivity index (χ0n) is 17.3. The van der Waals surface area contributed by atoms with Gasteiger partial charge in [0.25, 0.3) is 0 Å². The minimum atomic E-state index is -3.72. The quantitative estimate of drug-likeness (QED) is 0.707. The third-order valence-corrected chi connectivity index (χ3v) is 6.93. The lowest BCUT2D eigenvalue weighted by Crippen LogP contribution is -2.55. The standard InChI is InChI=1S/C21H26N4O4S/c1-5-19(26)24-21-14(2)12-25(13-15(21)3)30(27,28)18-8-6-7-17(9-18)29-20-11-22-10-16(4)23-20/h5-11,14-15,21H,1,12-13H2,2-4H3,(H,24,26). The molecule has 2 unspecified atom stereocenters. The van der Waals surface area contributed by atoms with Gasteiger partial charge in [-0.05, 0) is 37.0 Å². The fourth-order valence-electron chi connectivity index (χ4n) is 3.67. The van der Waals surface area contributed by atoms with E-state index in [0.29, 0.717) is 30.4 Å². The molecule has 0 bridgehead atoms. The van der Waals surface area contributed by atoms with E-state index in [4.69, 9.17) is 4.74 Å². The summed E-state index contributed by atoms with van der Waals surface area (Å²) in [6, 6.07) is 6.22. The van der Waals surface area contributed by atoms with Gasteiger partial charge in [0.15, 0.2) is 0 Å². The number of rotatable bonds is 6. The van der Waals surface area contributed by atoms with E-state index in [1.54, 1.807) is 31.3 Å². The lowest BCUT2D eigenvalue weighted by Gasteiger charge is -2.40. The van der Waals surface area contributed by atoms with E-state index in [1.165, 1.54) is 22.6 Å². The summed E-state index contributed by atoms with van der Waals surface area (Å²) >= 11 is 0. The van der Waals surface area contributed by atoms with Crippen molar-refractivity contribution < 1.29 is 17.9 Å². The van der Waals surface area contributed by atoms with Crippen LogP contribution in [0.5, 0.6) is 11.6 Å². The molecule has 2 heterocycles. The molecule has 1 aromatic carbocycles. The summed E-state index contributed by atoms with van der Waals surface area (Å²) in [6.45, 7) is 9.75. The summed E-state index contributed by atoms with van der Waals surface area (Å²) in [7, 11) is -3.72. The molecule has 1 aliphatic rings. The lowest BCUT2D eigenvalue weighted by molar-refractivity contribution is -0.118. The van der Waals surface area contributed by atoms with E-state index in [1.807, 2.05) is 13.8 Å². The van der Waals surface area contributed by atoms with E-state index in [-0.39, 0.29) is 28.7 Å². The zero-order chi connectivity index (χ0) is 21.9. The number of carbonyl (C=O) groups is 1. The number of hydrogen-bond donors (Lipinski definition) is 1. The highest BCUT2D eigenvalue weighted by atomic mass is 32.2. The predicted molar refractivity (Wildman–Crippen MR) is 112 cm³/mol. The van der Waals surface area contributed by atoms with Crippen LogP contribution in [-0.2, 0) is 14.8 Å². The van der Waals surface area contributed by atoms with Crippen LogP contribution in [0.2, 0.25) is 0 Å². The molecule has 9 heteroatoms. The van der Waals surface area contributed by atoms with Crippen molar-refractivity contribution in [1.82, 2.24) is 19.6 Å². The van der Waals surface area contributed by atoms with Crippen molar-refractivity contribution in [2.45, 2.75) is 31.7 Å². The van der Waals surface area contributed by atoms with Gasteiger partial charge in [0, 0.05) is 31.4 Å². The van der Waals surface area contributed by atoms with Crippen LogP contribution in [-0.4, -0.2) is 47.7 Å². The summed E-state index contributed by atoms with van der Waals surface area (Å²) in [5, 5.41) is 2.91. The molecule has 8 nitrogen and oxygen atoms in total. The van der Waals surface area contributed by atoms with Crippen LogP contribution in [0.4, 0.5) is 0 Å². The van der Waals surface area contributed by atoms with Crippen LogP contribution in [0.25, 0.3) is 0 Å². The summed E-state index contributed by atoms with van der Waals surface area (Å²) in [5.41, 5.74) is 0.700. The molecule has 1 N–H and O–H groups in total. The Morgan fingerprint density at radius 2 is 1.97 bits per heavy atom. The Bertz CT molecular complexity index is 1030. The number of carbonyl (C=O) groups excluding carboxylic acids is 1. The van der Waals surface area contributed by atoms with Gasteiger partial charge in [-0.25, -0.2) is 13.4 Å². The first-order chi connectivity index (χ1) is 14.2. The van der Waals surface area contributed by atoms with Crippen molar-refractivity contribution in [3.63, 3.8) is 0 Å². The third kappa shape index (κ3) is 4.85. The number of hydrogen-bond acceptors (Lipinski definition) is 6. The molecule has 1 aromatic heterocycles. The van der Waals surface area contributed by atoms with Crippen LogP contribution in [0, 0.1) is 18.8 Å². The summed E-state index contributed by atoms with van der Waals surface area (Å²) in [5.74, 6) is 0.318. The van der Waals surface area contributed by atoms with E-state index in [0.717, 1.165) is 0 Å². The molecule has 0 aliphatic carbocycles. The van der Waals surface area contributed by atoms with E-state index in [2.05, 4.69) is 21.9 Å². The predicted octanol–water partition coefficient (Wildman–Crippen LogP) is 2.52. The monoisotopic (exact) mass is 430 g/mol. The molecule has 0 spiro atoms. The second kappa shape index (κ2) is 8.93. The van der Waals surface area contributed by atoms with Gasteiger partial charge < -0.3 is 10.1 Å². The summed E-state index contributed by atoms with van der Waals surface area (Å²) < 4.78 is 33.7. The Labute approximate surface area is 177 Å². The van der Waals surface area contributed by atoms with Crippen LogP contribution in [0.1, 0.15) is 19.5 Å². The number of aryl methyl sites for hydroxylation is 1. The topological polar surface area (TPSA) is 101 Å². The Morgan fingerprint density at radius 3 is 2.60 bits per heavy atom. The molecule has 1 saturated heterocycles. The molecule has 2 aromatic rings. The molecule has 1 aliphatic heterocycles. The fraction of sp³-hybridized carbons (Fsp3) is 0.381. The van der Waals surface area contributed by atoms with E-state index in [9.17, 15) is 13.2 Å². The van der Waals surface area contributed by atoms with Crippen LogP contribution in [0.3, 0.4) is 0 Å². The van der Waals surface area contributed by atoms with Crippen molar-refractivity contribution in [1.29, 1.82) is 0 Å². The molecule has 0 saturated carbocycles. The van der Waals surface area contributed by atoms with Gasteiger partial charge in [0.05, 0.1) is 16.8 Å². The van der Waals surface area contributed by atoms with Crippen LogP contribution < -0.4 is 10.1 Å². The second-order valence-corrected chi connectivity index (χ2v) is 9.53. The molecule has 2 atom stereocenters. The average molecular weight is 431 g/mol. The summed E-state index contributed by atoms with van der Waals surface area (Å²) in [4.78, 5) is 20.1. The van der Waals surface area contributed by atoms with Crippen molar-refractivity contribution in [2.75, 3.05) is 13.1 Å². The van der Waals surface area contributed by atoms with Crippen molar-refractivity contribution >= 4 is 15.9 Å². The number of ether oxygens (including phenoxy) is 1. The molecule has 160 valence electrons. The molecular formula is C21H26N4O4S. The molecular weight excluding hydrogens is 404 g/mol. The zero-order valence-corrected chi connectivity index (χ0v) is 18.1. The fourth-order valence-corrected chi connectivity index (χ4v) is 5.34. The maximum absolute atomic E-state index is 13.3. The Morgan fingerprint density at radius 1 is 1.27 bits per heavy atom. The number of aromatic nitrogens is 2. The first-order valence-corrected chi connectivity index (χ1v) is 11.1. The average Bonchev–Trinajstić information content (AvgIpc) is 2.70. The van der Waals surface area contributed by atoms with E-state index >= 15 is 0 Å². The molecule has 30 heavy (non-hydrogen) atoms. The van der Waals surface area contributed by atoms with Crippen molar-refractivity contribution in [2.24, 2.45) is 11.8 Å². The first kappa shape index (κ1) is 21.9. The number of nitrogens with one attached hydrogen (secondary N) is 1. The lowest BCUT2D eigenvalue weighted by atomic mass is 9.87. The molecule has 1 fully saturated rings. The highest BCUT2D eigenvalue weighted by Crippen LogP contribution is 2.29. The first-order valence-electron chi connectivity index (χ1n) is 9.70. The third-order valence-electron chi connectivity index (χ3n) is 5.10. The largest absolute Gasteiger partial charge is 0.437 e. The Balaban J connectivity index is 1.79. The van der Waals surface area contributed by atoms with Gasteiger partial charge in [0.1, 0.15) is 5.75 Å².